The predicted octanol–water partition coefficient (Wildman–Crippen LogP) is 5.54. The molecule has 0 saturated carbocycles. The fourth-order valence-corrected chi connectivity index (χ4v) is 4.36. The smallest absolute Gasteiger partial charge is 0.410 e. The predicted molar refractivity (Wildman–Crippen MR) is 120 cm³/mol. The molecule has 2 aliphatic rings. The lowest BCUT2D eigenvalue weighted by molar-refractivity contribution is -0.199. The molecule has 2 aromatic rings. The van der Waals surface area contributed by atoms with Crippen LogP contribution in [0.1, 0.15) is 44.7 Å². The van der Waals surface area contributed by atoms with Gasteiger partial charge in [-0.15, -0.1) is 0 Å². The number of rotatable bonds is 3. The van der Waals surface area contributed by atoms with Gasteiger partial charge in [0.2, 0.25) is 0 Å². The summed E-state index contributed by atoms with van der Waals surface area (Å²) in [5.74, 6) is -0.902. The van der Waals surface area contributed by atoms with Gasteiger partial charge in [0, 0.05) is 24.6 Å². The SMILES string of the molecule is CC(C)(C)OC(=O)N1CCC(C2(c3ccccc3-c3ccc(C#N)cc3)OC=CO2)CC1. The number of nitriles is 1. The van der Waals surface area contributed by atoms with E-state index in [4.69, 9.17) is 19.5 Å². The Hall–Kier alpha value is -3.46. The maximum atomic E-state index is 12.5. The van der Waals surface area contributed by atoms with Crippen LogP contribution in [0, 0.1) is 17.2 Å². The number of hydrogen-bond acceptors (Lipinski definition) is 5. The van der Waals surface area contributed by atoms with E-state index in [0.717, 1.165) is 29.5 Å². The average Bonchev–Trinajstić information content (AvgIpc) is 3.29. The summed E-state index contributed by atoms with van der Waals surface area (Å²) in [5, 5.41) is 9.13. The Labute approximate surface area is 189 Å². The van der Waals surface area contributed by atoms with Gasteiger partial charge in [0.05, 0.1) is 11.6 Å². The molecule has 0 N–H and O–H groups in total. The maximum absolute atomic E-state index is 12.5. The zero-order valence-corrected chi connectivity index (χ0v) is 18.7. The highest BCUT2D eigenvalue weighted by Gasteiger charge is 2.49. The first-order valence-corrected chi connectivity index (χ1v) is 10.9. The van der Waals surface area contributed by atoms with Crippen LogP contribution in [0.15, 0.2) is 61.1 Å². The van der Waals surface area contributed by atoms with Crippen LogP contribution in [-0.2, 0) is 20.0 Å². The molecular formula is C26H28N2O4. The number of likely N-dealkylation sites (tertiary alicyclic amines) is 1. The van der Waals surface area contributed by atoms with Gasteiger partial charge in [-0.2, -0.15) is 5.26 Å². The van der Waals surface area contributed by atoms with Gasteiger partial charge in [-0.25, -0.2) is 4.79 Å². The Morgan fingerprint density at radius 3 is 2.28 bits per heavy atom. The third-order valence-electron chi connectivity index (χ3n) is 5.85. The number of nitrogens with zero attached hydrogens (tertiary/aromatic N) is 2. The molecule has 0 spiro atoms. The quantitative estimate of drug-likeness (QED) is 0.636. The summed E-state index contributed by atoms with van der Waals surface area (Å²) in [7, 11) is 0. The van der Waals surface area contributed by atoms with Gasteiger partial charge in [-0.1, -0.05) is 36.4 Å². The van der Waals surface area contributed by atoms with Crippen molar-refractivity contribution < 1.29 is 19.0 Å². The first kappa shape index (κ1) is 21.8. The summed E-state index contributed by atoms with van der Waals surface area (Å²) in [5.41, 5.74) is 3.02. The van der Waals surface area contributed by atoms with Gasteiger partial charge in [0.15, 0.2) is 0 Å². The van der Waals surface area contributed by atoms with Crippen LogP contribution in [0.3, 0.4) is 0 Å². The number of piperidine rings is 1. The molecule has 1 saturated heterocycles. The molecule has 6 nitrogen and oxygen atoms in total. The van der Waals surface area contributed by atoms with E-state index in [9.17, 15) is 4.79 Å². The average molecular weight is 433 g/mol. The second kappa shape index (κ2) is 8.58. The molecule has 2 aromatic carbocycles. The van der Waals surface area contributed by atoms with Crippen molar-refractivity contribution in [1.82, 2.24) is 4.90 Å². The van der Waals surface area contributed by atoms with Crippen molar-refractivity contribution >= 4 is 6.09 Å². The number of hydrogen-bond donors (Lipinski definition) is 0. The number of amides is 1. The third kappa shape index (κ3) is 4.29. The lowest BCUT2D eigenvalue weighted by atomic mass is 9.81. The van der Waals surface area contributed by atoms with Crippen LogP contribution in [0.5, 0.6) is 0 Å². The summed E-state index contributed by atoms with van der Waals surface area (Å²) in [6.45, 7) is 6.77. The second-order valence-electron chi connectivity index (χ2n) is 9.15. The summed E-state index contributed by atoms with van der Waals surface area (Å²) < 4.78 is 17.9. The Balaban J connectivity index is 1.60. The summed E-state index contributed by atoms with van der Waals surface area (Å²) in [6, 6.07) is 17.7. The van der Waals surface area contributed by atoms with E-state index in [1.54, 1.807) is 17.4 Å². The molecule has 6 heteroatoms. The van der Waals surface area contributed by atoms with E-state index in [1.165, 1.54) is 0 Å². The molecule has 0 aliphatic carbocycles. The van der Waals surface area contributed by atoms with Crippen molar-refractivity contribution in [3.8, 4) is 17.2 Å². The van der Waals surface area contributed by atoms with Gasteiger partial charge >= 0.3 is 6.09 Å². The number of ether oxygens (including phenoxy) is 3. The summed E-state index contributed by atoms with van der Waals surface area (Å²) >= 11 is 0. The van der Waals surface area contributed by atoms with Crippen LogP contribution >= 0.6 is 0 Å². The fraction of sp³-hybridized carbons (Fsp3) is 0.385. The number of carbonyl (C=O) groups excluding carboxylic acids is 1. The first-order valence-electron chi connectivity index (χ1n) is 10.9. The maximum Gasteiger partial charge on any atom is 0.410 e. The molecule has 0 atom stereocenters. The molecule has 2 heterocycles. The van der Waals surface area contributed by atoms with Gasteiger partial charge in [0.25, 0.3) is 5.79 Å². The highest BCUT2D eigenvalue weighted by molar-refractivity contribution is 5.70. The molecule has 0 unspecified atom stereocenters. The molecule has 0 bridgehead atoms. The Morgan fingerprint density at radius 1 is 1.06 bits per heavy atom. The van der Waals surface area contributed by atoms with Crippen LogP contribution < -0.4 is 0 Å². The third-order valence-corrected chi connectivity index (χ3v) is 5.85. The zero-order valence-electron chi connectivity index (χ0n) is 18.7. The van der Waals surface area contributed by atoms with Gasteiger partial charge in [-0.3, -0.25) is 0 Å². The molecule has 32 heavy (non-hydrogen) atoms. The van der Waals surface area contributed by atoms with Gasteiger partial charge in [0.1, 0.15) is 18.1 Å². The largest absolute Gasteiger partial charge is 0.452 e. The fourth-order valence-electron chi connectivity index (χ4n) is 4.36. The molecule has 1 amide bonds. The lowest BCUT2D eigenvalue weighted by Crippen LogP contribution is -2.47. The van der Waals surface area contributed by atoms with E-state index < -0.39 is 11.4 Å². The summed E-state index contributed by atoms with van der Waals surface area (Å²) in [4.78, 5) is 14.2. The Morgan fingerprint density at radius 2 is 1.69 bits per heavy atom. The molecule has 166 valence electrons. The van der Waals surface area contributed by atoms with Crippen molar-refractivity contribution in [2.45, 2.75) is 45.0 Å². The normalized spacial score (nSPS) is 17.9. The van der Waals surface area contributed by atoms with E-state index in [1.807, 2.05) is 69.3 Å². The van der Waals surface area contributed by atoms with E-state index in [2.05, 4.69) is 6.07 Å². The molecule has 4 rings (SSSR count). The molecule has 2 aliphatic heterocycles. The monoisotopic (exact) mass is 432 g/mol. The van der Waals surface area contributed by atoms with E-state index >= 15 is 0 Å². The Bertz CT molecular complexity index is 1030. The topological polar surface area (TPSA) is 71.8 Å². The van der Waals surface area contributed by atoms with Crippen molar-refractivity contribution in [2.24, 2.45) is 5.92 Å². The highest BCUT2D eigenvalue weighted by atomic mass is 16.7. The van der Waals surface area contributed by atoms with Crippen LogP contribution in [0.25, 0.3) is 11.1 Å². The number of carbonyl (C=O) groups is 1. The lowest BCUT2D eigenvalue weighted by Gasteiger charge is -2.41. The van der Waals surface area contributed by atoms with Crippen LogP contribution in [0.4, 0.5) is 4.79 Å². The van der Waals surface area contributed by atoms with Gasteiger partial charge in [-0.05, 0) is 56.9 Å². The summed E-state index contributed by atoms with van der Waals surface area (Å²) in [6.07, 6.45) is 4.35. The van der Waals surface area contributed by atoms with E-state index in [0.29, 0.717) is 18.7 Å². The van der Waals surface area contributed by atoms with Gasteiger partial charge < -0.3 is 19.1 Å². The molecule has 0 aromatic heterocycles. The standard InChI is InChI=1S/C26H28N2O4/c1-25(2,3)32-24(29)28-14-12-21(13-15-28)26(30-16-17-31-26)23-7-5-4-6-22(23)20-10-8-19(18-27)9-11-20/h4-11,16-17,21H,12-15H2,1-3H3. The van der Waals surface area contributed by atoms with E-state index in [-0.39, 0.29) is 12.0 Å². The van der Waals surface area contributed by atoms with Crippen molar-refractivity contribution in [1.29, 1.82) is 5.26 Å². The minimum atomic E-state index is -0.954. The van der Waals surface area contributed by atoms with Crippen molar-refractivity contribution in [3.63, 3.8) is 0 Å². The van der Waals surface area contributed by atoms with Crippen molar-refractivity contribution in [3.05, 3.63) is 72.2 Å². The first-order chi connectivity index (χ1) is 15.3. The highest BCUT2D eigenvalue weighted by Crippen LogP contribution is 2.47. The van der Waals surface area contributed by atoms with Crippen LogP contribution in [-0.4, -0.2) is 29.7 Å². The molecule has 1 fully saturated rings. The second-order valence-corrected chi connectivity index (χ2v) is 9.15. The van der Waals surface area contributed by atoms with Crippen LogP contribution in [0.2, 0.25) is 0 Å². The molecule has 0 radical (unpaired) electrons. The minimum Gasteiger partial charge on any atom is -0.452 e. The van der Waals surface area contributed by atoms with Crippen molar-refractivity contribution in [2.75, 3.05) is 13.1 Å². The Kier molecular flexibility index (Phi) is 5.84. The number of benzene rings is 2. The molecular weight excluding hydrogens is 404 g/mol. The minimum absolute atomic E-state index is 0.0516. The zero-order chi connectivity index (χ0) is 22.8.